The van der Waals surface area contributed by atoms with E-state index < -0.39 is 5.97 Å². The molecule has 2 aliphatic rings. The third-order valence-electron chi connectivity index (χ3n) is 4.73. The zero-order chi connectivity index (χ0) is 15.4. The van der Waals surface area contributed by atoms with Crippen molar-refractivity contribution in [3.05, 3.63) is 0 Å². The molecule has 120 valence electrons. The van der Waals surface area contributed by atoms with Gasteiger partial charge < -0.3 is 15.3 Å². The monoisotopic (exact) mass is 297 g/mol. The maximum absolute atomic E-state index is 12.1. The zero-order valence-electron chi connectivity index (χ0n) is 13.0. The number of hydrogen-bond donors (Lipinski definition) is 2. The fraction of sp³-hybridized carbons (Fsp3) is 0.867. The number of rotatable bonds is 7. The standard InChI is InChI=1S/C15H27N3O3/c1-11(17(2)13-3-4-13)9-16-10-14(19)18-7-5-12(6-8-18)15(20)21/h11-13,16H,3-10H2,1-2H3,(H,20,21). The smallest absolute Gasteiger partial charge is 0.306 e. The molecule has 1 saturated carbocycles. The van der Waals surface area contributed by atoms with E-state index in [-0.39, 0.29) is 11.8 Å². The molecule has 2 N–H and O–H groups in total. The second-order valence-corrected chi connectivity index (χ2v) is 6.37. The fourth-order valence-corrected chi connectivity index (χ4v) is 2.86. The second-order valence-electron chi connectivity index (χ2n) is 6.37. The Morgan fingerprint density at radius 2 is 1.90 bits per heavy atom. The van der Waals surface area contributed by atoms with Crippen molar-refractivity contribution in [2.24, 2.45) is 5.92 Å². The van der Waals surface area contributed by atoms with Gasteiger partial charge in [0, 0.05) is 31.7 Å². The number of carbonyl (C=O) groups excluding carboxylic acids is 1. The van der Waals surface area contributed by atoms with Crippen LogP contribution in [-0.2, 0) is 9.59 Å². The molecule has 2 rings (SSSR count). The van der Waals surface area contributed by atoms with Crippen LogP contribution in [0.1, 0.15) is 32.6 Å². The van der Waals surface area contributed by atoms with E-state index >= 15 is 0 Å². The molecule has 1 heterocycles. The predicted molar refractivity (Wildman–Crippen MR) is 80.1 cm³/mol. The zero-order valence-corrected chi connectivity index (χ0v) is 13.0. The number of carbonyl (C=O) groups is 2. The van der Waals surface area contributed by atoms with Crippen LogP contribution >= 0.6 is 0 Å². The molecule has 2 fully saturated rings. The van der Waals surface area contributed by atoms with Crippen molar-refractivity contribution in [2.45, 2.75) is 44.7 Å². The molecule has 1 atom stereocenters. The van der Waals surface area contributed by atoms with Crippen molar-refractivity contribution in [3.8, 4) is 0 Å². The number of nitrogens with one attached hydrogen (secondary N) is 1. The summed E-state index contributed by atoms with van der Waals surface area (Å²) in [4.78, 5) is 27.1. The minimum Gasteiger partial charge on any atom is -0.481 e. The molecule has 0 aromatic rings. The normalized spacial score (nSPS) is 21.6. The summed E-state index contributed by atoms with van der Waals surface area (Å²) in [5.74, 6) is -0.938. The average Bonchev–Trinajstić information content (AvgIpc) is 3.30. The van der Waals surface area contributed by atoms with Gasteiger partial charge in [0.2, 0.25) is 5.91 Å². The summed E-state index contributed by atoms with van der Waals surface area (Å²) >= 11 is 0. The predicted octanol–water partition coefficient (Wildman–Crippen LogP) is 0.382. The summed E-state index contributed by atoms with van der Waals surface area (Å²) in [6, 6.07) is 1.16. The van der Waals surface area contributed by atoms with Gasteiger partial charge in [0.25, 0.3) is 0 Å². The number of likely N-dealkylation sites (tertiary alicyclic amines) is 1. The maximum atomic E-state index is 12.1. The number of piperidine rings is 1. The van der Waals surface area contributed by atoms with Crippen molar-refractivity contribution >= 4 is 11.9 Å². The first-order chi connectivity index (χ1) is 9.99. The van der Waals surface area contributed by atoms with Gasteiger partial charge in [-0.2, -0.15) is 0 Å². The Bertz CT molecular complexity index is 376. The van der Waals surface area contributed by atoms with Gasteiger partial charge in [-0.3, -0.25) is 14.5 Å². The first-order valence-corrected chi connectivity index (χ1v) is 7.92. The molecule has 1 amide bonds. The van der Waals surface area contributed by atoms with Gasteiger partial charge in [-0.15, -0.1) is 0 Å². The number of hydrogen-bond acceptors (Lipinski definition) is 4. The molecule has 1 aliphatic heterocycles. The highest BCUT2D eigenvalue weighted by Gasteiger charge is 2.29. The molecule has 0 aromatic heterocycles. The van der Waals surface area contributed by atoms with Crippen LogP contribution in [0.15, 0.2) is 0 Å². The quantitative estimate of drug-likeness (QED) is 0.711. The Kier molecular flexibility index (Phi) is 5.58. The van der Waals surface area contributed by atoms with Gasteiger partial charge in [0.1, 0.15) is 0 Å². The fourth-order valence-electron chi connectivity index (χ4n) is 2.86. The van der Waals surface area contributed by atoms with Gasteiger partial charge in [-0.05, 0) is 39.7 Å². The minimum absolute atomic E-state index is 0.0834. The van der Waals surface area contributed by atoms with E-state index in [1.807, 2.05) is 0 Å². The number of aliphatic carboxylic acids is 1. The van der Waals surface area contributed by atoms with Crippen LogP contribution in [0, 0.1) is 5.92 Å². The molecule has 0 radical (unpaired) electrons. The van der Waals surface area contributed by atoms with Crippen molar-refractivity contribution in [2.75, 3.05) is 33.2 Å². The van der Waals surface area contributed by atoms with Crippen molar-refractivity contribution in [1.82, 2.24) is 15.1 Å². The lowest BCUT2D eigenvalue weighted by molar-refractivity contribution is -0.145. The van der Waals surface area contributed by atoms with E-state index in [9.17, 15) is 9.59 Å². The number of nitrogens with zero attached hydrogens (tertiary/aromatic N) is 2. The van der Waals surface area contributed by atoms with E-state index in [1.165, 1.54) is 12.8 Å². The molecule has 0 spiro atoms. The van der Waals surface area contributed by atoms with Gasteiger partial charge >= 0.3 is 5.97 Å². The third-order valence-corrected chi connectivity index (χ3v) is 4.73. The lowest BCUT2D eigenvalue weighted by Gasteiger charge is -2.30. The van der Waals surface area contributed by atoms with E-state index in [2.05, 4.69) is 24.2 Å². The van der Waals surface area contributed by atoms with E-state index in [0.717, 1.165) is 12.6 Å². The van der Waals surface area contributed by atoms with Gasteiger partial charge in [-0.25, -0.2) is 0 Å². The Balaban J connectivity index is 1.62. The van der Waals surface area contributed by atoms with Crippen LogP contribution in [0.2, 0.25) is 0 Å². The van der Waals surface area contributed by atoms with Crippen LogP contribution in [0.3, 0.4) is 0 Å². The number of carboxylic acids is 1. The SMILES string of the molecule is CC(CNCC(=O)N1CCC(C(=O)O)CC1)N(C)C1CC1. The van der Waals surface area contributed by atoms with Crippen LogP contribution in [-0.4, -0.2) is 72.1 Å². The highest BCUT2D eigenvalue weighted by molar-refractivity contribution is 5.78. The van der Waals surface area contributed by atoms with Gasteiger partial charge in [0.15, 0.2) is 0 Å². The third kappa shape index (κ3) is 4.68. The van der Waals surface area contributed by atoms with Crippen LogP contribution in [0.4, 0.5) is 0 Å². The number of amides is 1. The highest BCUT2D eigenvalue weighted by atomic mass is 16.4. The Morgan fingerprint density at radius 3 is 2.43 bits per heavy atom. The van der Waals surface area contributed by atoms with E-state index in [0.29, 0.717) is 38.5 Å². The van der Waals surface area contributed by atoms with Crippen LogP contribution in [0.25, 0.3) is 0 Å². The lowest BCUT2D eigenvalue weighted by Crippen LogP contribution is -2.46. The molecule has 6 nitrogen and oxygen atoms in total. The number of likely N-dealkylation sites (N-methyl/N-ethyl adjacent to an activating group) is 1. The van der Waals surface area contributed by atoms with Crippen molar-refractivity contribution < 1.29 is 14.7 Å². The Morgan fingerprint density at radius 1 is 1.29 bits per heavy atom. The van der Waals surface area contributed by atoms with Crippen LogP contribution < -0.4 is 5.32 Å². The molecule has 1 saturated heterocycles. The first kappa shape index (κ1) is 16.2. The molecule has 0 bridgehead atoms. The summed E-state index contributed by atoms with van der Waals surface area (Å²) in [7, 11) is 2.14. The summed E-state index contributed by atoms with van der Waals surface area (Å²) < 4.78 is 0. The molecule has 1 aliphatic carbocycles. The summed E-state index contributed by atoms with van der Waals surface area (Å²) in [5.41, 5.74) is 0. The molecule has 21 heavy (non-hydrogen) atoms. The Hall–Kier alpha value is -1.14. The van der Waals surface area contributed by atoms with E-state index in [1.54, 1.807) is 4.90 Å². The second kappa shape index (κ2) is 7.22. The van der Waals surface area contributed by atoms with Gasteiger partial charge in [-0.1, -0.05) is 0 Å². The van der Waals surface area contributed by atoms with Crippen molar-refractivity contribution in [1.29, 1.82) is 0 Å². The highest BCUT2D eigenvalue weighted by Crippen LogP contribution is 2.26. The molecule has 1 unspecified atom stereocenters. The summed E-state index contributed by atoms with van der Waals surface area (Å²) in [6.45, 7) is 4.46. The molecule has 0 aromatic carbocycles. The molecule has 6 heteroatoms. The Labute approximate surface area is 126 Å². The van der Waals surface area contributed by atoms with E-state index in [4.69, 9.17) is 5.11 Å². The number of carboxylic acid groups (broad SMARTS) is 1. The molecular weight excluding hydrogens is 270 g/mol. The lowest BCUT2D eigenvalue weighted by atomic mass is 9.97. The topological polar surface area (TPSA) is 72.9 Å². The maximum Gasteiger partial charge on any atom is 0.306 e. The van der Waals surface area contributed by atoms with Crippen molar-refractivity contribution in [3.63, 3.8) is 0 Å². The first-order valence-electron chi connectivity index (χ1n) is 7.92. The summed E-state index contributed by atoms with van der Waals surface area (Å²) in [5, 5.41) is 12.2. The largest absolute Gasteiger partial charge is 0.481 e. The van der Waals surface area contributed by atoms with Gasteiger partial charge in [0.05, 0.1) is 12.5 Å². The average molecular weight is 297 g/mol. The minimum atomic E-state index is -0.739. The molecular formula is C15H27N3O3. The van der Waals surface area contributed by atoms with Crippen LogP contribution in [0.5, 0.6) is 0 Å². The summed E-state index contributed by atoms with van der Waals surface area (Å²) in [6.07, 6.45) is 3.72.